The van der Waals surface area contributed by atoms with E-state index in [0.29, 0.717) is 5.56 Å². The summed E-state index contributed by atoms with van der Waals surface area (Å²) in [6.07, 6.45) is -14.4. The number of phenolic OH excluding ortho intramolecular Hbond substituents is 3. The lowest BCUT2D eigenvalue weighted by molar-refractivity contribution is -0.344. The first-order valence-corrected chi connectivity index (χ1v) is 12.8. The Morgan fingerprint density at radius 1 is 0.857 bits per heavy atom. The van der Waals surface area contributed by atoms with Gasteiger partial charge in [-0.1, -0.05) is 0 Å². The second kappa shape index (κ2) is 12.0. The molecule has 42 heavy (non-hydrogen) atoms. The number of benzene rings is 2. The Morgan fingerprint density at radius 3 is 2.33 bits per heavy atom. The van der Waals surface area contributed by atoms with Gasteiger partial charge in [0, 0.05) is 18.2 Å². The van der Waals surface area contributed by atoms with Crippen LogP contribution in [0.3, 0.4) is 0 Å². The summed E-state index contributed by atoms with van der Waals surface area (Å²) < 4.78 is 33.9. The first-order chi connectivity index (χ1) is 20.0. The molecule has 15 heteroatoms. The molecule has 2 aromatic carbocycles. The number of ether oxygens (including phenoxy) is 5. The molecule has 9 N–H and O–H groups in total. The molecular formula is C27H31O15+. The Kier molecular flexibility index (Phi) is 8.56. The molecule has 0 bridgehead atoms. The largest absolute Gasteiger partial charge is 0.507 e. The molecule has 2 saturated heterocycles. The van der Waals surface area contributed by atoms with Gasteiger partial charge in [0.15, 0.2) is 23.9 Å². The number of rotatable bonds is 7. The monoisotopic (exact) mass is 595 g/mol. The third-order valence-electron chi connectivity index (χ3n) is 7.07. The highest BCUT2D eigenvalue weighted by atomic mass is 16.8. The lowest BCUT2D eigenvalue weighted by Crippen LogP contribution is -2.63. The SMILES string of the molecule is COc1cc(-c2[o+]c3cc(O)cc(O)c3cc2O[C@@H]2OC(CO)[C@H](O)[C@H](O)C2O[C@@H]2OC[C@@H](O)[C@H](O)C2O)ccc1O. The summed E-state index contributed by atoms with van der Waals surface area (Å²) in [5, 5.41) is 92.1. The standard InChI is InChI=1S/C27H30O15/c1-37-17-4-10(2-3-13(17)30)24-18(7-12-14(31)5-11(29)6-16(12)39-24)40-27-25(22(35)21(34)19(8-28)41-27)42-26-23(36)20(33)15(32)9-38-26/h2-7,15,19-23,25-28,32-36H,8-9H2,1H3,(H2-,29,30,31)/p+1/t15-,19?,20+,21+,22+,23?,25?,26+,27-/m1/s1. The maximum Gasteiger partial charge on any atom is 0.402 e. The van der Waals surface area contributed by atoms with Crippen LogP contribution in [0.15, 0.2) is 40.8 Å². The zero-order valence-electron chi connectivity index (χ0n) is 22.0. The van der Waals surface area contributed by atoms with Gasteiger partial charge in [-0.15, -0.1) is 0 Å². The molecule has 5 rings (SSSR count). The van der Waals surface area contributed by atoms with Crippen molar-refractivity contribution in [3.8, 4) is 40.1 Å². The van der Waals surface area contributed by atoms with Gasteiger partial charge in [-0.3, -0.25) is 0 Å². The van der Waals surface area contributed by atoms with Crippen molar-refractivity contribution in [2.24, 2.45) is 0 Å². The minimum Gasteiger partial charge on any atom is -0.507 e. The summed E-state index contributed by atoms with van der Waals surface area (Å²) in [5.74, 6) is -0.925. The molecule has 1 aromatic heterocycles. The molecule has 15 nitrogen and oxygen atoms in total. The van der Waals surface area contributed by atoms with E-state index in [9.17, 15) is 46.0 Å². The third-order valence-corrected chi connectivity index (χ3v) is 7.07. The number of phenols is 3. The van der Waals surface area contributed by atoms with Crippen molar-refractivity contribution in [3.05, 3.63) is 36.4 Å². The van der Waals surface area contributed by atoms with E-state index < -0.39 is 68.5 Å². The fraction of sp³-hybridized carbons (Fsp3) is 0.444. The quantitative estimate of drug-likeness (QED) is 0.151. The van der Waals surface area contributed by atoms with E-state index in [1.165, 1.54) is 37.4 Å². The molecule has 0 radical (unpaired) electrons. The average molecular weight is 596 g/mol. The molecule has 3 aromatic rings. The molecule has 0 aliphatic carbocycles. The van der Waals surface area contributed by atoms with Gasteiger partial charge in [0.05, 0.1) is 32.0 Å². The normalized spacial score (nSPS) is 31.6. The van der Waals surface area contributed by atoms with Crippen LogP contribution in [0.25, 0.3) is 22.3 Å². The summed E-state index contributed by atoms with van der Waals surface area (Å²) in [6, 6.07) is 7.84. The van der Waals surface area contributed by atoms with Crippen LogP contribution in [0.4, 0.5) is 0 Å². The average Bonchev–Trinajstić information content (AvgIpc) is 2.97. The van der Waals surface area contributed by atoms with Crippen LogP contribution in [0.1, 0.15) is 0 Å². The van der Waals surface area contributed by atoms with Gasteiger partial charge in [0.1, 0.15) is 53.5 Å². The van der Waals surface area contributed by atoms with E-state index >= 15 is 0 Å². The minimum absolute atomic E-state index is 0.0261. The van der Waals surface area contributed by atoms with Crippen molar-refractivity contribution >= 4 is 11.0 Å². The zero-order valence-corrected chi connectivity index (χ0v) is 22.0. The second-order valence-corrected chi connectivity index (χ2v) is 9.88. The minimum atomic E-state index is -1.78. The topological polar surface area (TPSA) is 240 Å². The number of aliphatic hydroxyl groups is 6. The van der Waals surface area contributed by atoms with E-state index in [-0.39, 0.29) is 45.5 Å². The summed E-state index contributed by atoms with van der Waals surface area (Å²) in [7, 11) is 1.33. The molecule has 0 amide bonds. The number of hydrogen-bond acceptors (Lipinski definition) is 14. The Morgan fingerprint density at radius 2 is 1.62 bits per heavy atom. The van der Waals surface area contributed by atoms with Gasteiger partial charge >= 0.3 is 11.3 Å². The van der Waals surface area contributed by atoms with Gasteiger partial charge in [0.25, 0.3) is 0 Å². The molecule has 2 aliphatic heterocycles. The summed E-state index contributed by atoms with van der Waals surface area (Å²) in [5.41, 5.74) is 0.328. The molecule has 2 fully saturated rings. The van der Waals surface area contributed by atoms with Crippen LogP contribution in [-0.4, -0.2) is 122 Å². The van der Waals surface area contributed by atoms with Gasteiger partial charge in [-0.05, 0) is 12.1 Å². The Hall–Kier alpha value is -3.51. The van der Waals surface area contributed by atoms with E-state index in [0.717, 1.165) is 6.07 Å². The lowest BCUT2D eigenvalue weighted by Gasteiger charge is -2.44. The fourth-order valence-electron chi connectivity index (χ4n) is 4.77. The summed E-state index contributed by atoms with van der Waals surface area (Å²) in [6.45, 7) is -1.15. The molecule has 228 valence electrons. The highest BCUT2D eigenvalue weighted by Gasteiger charge is 2.50. The first kappa shape index (κ1) is 30.0. The van der Waals surface area contributed by atoms with Crippen LogP contribution < -0.4 is 9.47 Å². The van der Waals surface area contributed by atoms with Crippen molar-refractivity contribution in [1.82, 2.24) is 0 Å². The van der Waals surface area contributed by atoms with Crippen molar-refractivity contribution in [2.75, 3.05) is 20.3 Å². The number of fused-ring (bicyclic) bond motifs is 1. The summed E-state index contributed by atoms with van der Waals surface area (Å²) in [4.78, 5) is 0. The molecular weight excluding hydrogens is 564 g/mol. The van der Waals surface area contributed by atoms with E-state index in [1.54, 1.807) is 0 Å². The zero-order chi connectivity index (χ0) is 30.3. The van der Waals surface area contributed by atoms with Crippen molar-refractivity contribution in [2.45, 2.75) is 55.3 Å². The highest BCUT2D eigenvalue weighted by molar-refractivity contribution is 5.88. The number of hydrogen-bond donors (Lipinski definition) is 9. The number of aliphatic hydroxyl groups excluding tert-OH is 6. The molecule has 3 unspecified atom stereocenters. The molecule has 2 aliphatic rings. The number of methoxy groups -OCH3 is 1. The van der Waals surface area contributed by atoms with Crippen LogP contribution in [0.5, 0.6) is 28.7 Å². The van der Waals surface area contributed by atoms with Crippen molar-refractivity contribution in [3.63, 3.8) is 0 Å². The lowest BCUT2D eigenvalue weighted by atomic mass is 9.98. The maximum atomic E-state index is 10.9. The van der Waals surface area contributed by atoms with E-state index in [1.807, 2.05) is 0 Å². The van der Waals surface area contributed by atoms with Gasteiger partial charge < -0.3 is 69.6 Å². The second-order valence-electron chi connectivity index (χ2n) is 9.88. The third kappa shape index (κ3) is 5.61. The van der Waals surface area contributed by atoms with Gasteiger partial charge in [-0.2, -0.15) is 0 Å². The van der Waals surface area contributed by atoms with Gasteiger partial charge in [0.2, 0.25) is 12.0 Å². The van der Waals surface area contributed by atoms with E-state index in [4.69, 9.17) is 28.1 Å². The van der Waals surface area contributed by atoms with Crippen LogP contribution in [-0.2, 0) is 14.2 Å². The van der Waals surface area contributed by atoms with Crippen LogP contribution in [0, 0.1) is 0 Å². The Balaban J connectivity index is 1.58. The molecule has 3 heterocycles. The Labute approximate surface area is 237 Å². The number of aromatic hydroxyl groups is 3. The van der Waals surface area contributed by atoms with Crippen LogP contribution >= 0.6 is 0 Å². The van der Waals surface area contributed by atoms with Gasteiger partial charge in [-0.25, -0.2) is 4.42 Å². The fourth-order valence-corrected chi connectivity index (χ4v) is 4.77. The Bertz CT molecular complexity index is 1420. The first-order valence-electron chi connectivity index (χ1n) is 12.8. The summed E-state index contributed by atoms with van der Waals surface area (Å²) >= 11 is 0. The van der Waals surface area contributed by atoms with E-state index in [2.05, 4.69) is 0 Å². The van der Waals surface area contributed by atoms with Crippen molar-refractivity contribution in [1.29, 1.82) is 0 Å². The molecule has 0 spiro atoms. The molecule has 0 saturated carbocycles. The van der Waals surface area contributed by atoms with Crippen LogP contribution in [0.2, 0.25) is 0 Å². The predicted molar refractivity (Wildman–Crippen MR) is 139 cm³/mol. The smallest absolute Gasteiger partial charge is 0.402 e. The highest BCUT2D eigenvalue weighted by Crippen LogP contribution is 2.42. The maximum absolute atomic E-state index is 10.9. The van der Waals surface area contributed by atoms with Crippen molar-refractivity contribution < 1.29 is 74.1 Å². The molecule has 9 atom stereocenters. The predicted octanol–water partition coefficient (Wildman–Crippen LogP) is -0.852.